The van der Waals surface area contributed by atoms with Gasteiger partial charge in [-0.1, -0.05) is 11.8 Å². The number of nitrogen functional groups attached to an aromatic ring is 1. The van der Waals surface area contributed by atoms with Crippen LogP contribution < -0.4 is 16.0 Å². The summed E-state index contributed by atoms with van der Waals surface area (Å²) in [6, 6.07) is 7.77. The summed E-state index contributed by atoms with van der Waals surface area (Å²) in [4.78, 5) is 0. The topological polar surface area (TPSA) is 90.3 Å². The summed E-state index contributed by atoms with van der Waals surface area (Å²) in [5, 5.41) is 13.1. The molecule has 1 aliphatic heterocycles. The van der Waals surface area contributed by atoms with Gasteiger partial charge in [0.2, 0.25) is 5.16 Å². The minimum atomic E-state index is 0.424. The zero-order chi connectivity index (χ0) is 13.2. The lowest BCUT2D eigenvalue weighted by Gasteiger charge is -2.13. The number of nitrogens with two attached hydrogens (primary N) is 1. The molecule has 3 N–H and O–H groups in total. The fraction of sp³-hybridized carbons (Fsp3) is 0.182. The van der Waals surface area contributed by atoms with E-state index in [4.69, 9.17) is 10.6 Å². The van der Waals surface area contributed by atoms with E-state index in [1.807, 2.05) is 24.3 Å². The lowest BCUT2D eigenvalue weighted by molar-refractivity contribution is 0.415. The van der Waals surface area contributed by atoms with Crippen molar-refractivity contribution in [3.8, 4) is 5.75 Å². The second-order valence-corrected chi connectivity index (χ2v) is 4.77. The van der Waals surface area contributed by atoms with E-state index < -0.39 is 0 Å². The lowest BCUT2D eigenvalue weighted by Crippen LogP contribution is -2.17. The highest BCUT2D eigenvalue weighted by Gasteiger charge is 2.19. The van der Waals surface area contributed by atoms with Crippen LogP contribution in [0.1, 0.15) is 5.56 Å². The Labute approximate surface area is 113 Å². The van der Waals surface area contributed by atoms with Crippen LogP contribution in [0.4, 0.5) is 5.95 Å². The number of thioether (sulfide) groups is 1. The van der Waals surface area contributed by atoms with Crippen LogP contribution in [-0.2, 0) is 0 Å². The number of hydrogen-bond donors (Lipinski definition) is 2. The van der Waals surface area contributed by atoms with E-state index in [-0.39, 0.29) is 0 Å². The molecule has 1 aromatic carbocycles. The van der Waals surface area contributed by atoms with Crippen molar-refractivity contribution in [1.29, 1.82) is 0 Å². The maximum atomic E-state index is 5.37. The second-order valence-electron chi connectivity index (χ2n) is 3.83. The monoisotopic (exact) mass is 276 g/mol. The van der Waals surface area contributed by atoms with Gasteiger partial charge in [0.05, 0.1) is 12.8 Å². The first-order chi connectivity index (χ1) is 9.31. The molecule has 0 saturated heterocycles. The van der Waals surface area contributed by atoms with Gasteiger partial charge in [-0.3, -0.25) is 5.43 Å². The third-order valence-electron chi connectivity index (χ3n) is 2.72. The SMILES string of the molecule is COc1ccc(C2=Nn3c(NN)nnc3SC2)cc1. The van der Waals surface area contributed by atoms with Gasteiger partial charge in [0.15, 0.2) is 0 Å². The van der Waals surface area contributed by atoms with E-state index in [1.54, 1.807) is 23.5 Å². The summed E-state index contributed by atoms with van der Waals surface area (Å²) < 4.78 is 6.74. The number of nitrogens with zero attached hydrogens (tertiary/aromatic N) is 4. The Morgan fingerprint density at radius 1 is 1.32 bits per heavy atom. The third-order valence-corrected chi connectivity index (χ3v) is 3.65. The average Bonchev–Trinajstić information content (AvgIpc) is 2.89. The fourth-order valence-corrected chi connectivity index (χ4v) is 2.58. The van der Waals surface area contributed by atoms with Gasteiger partial charge in [-0.25, -0.2) is 5.84 Å². The summed E-state index contributed by atoms with van der Waals surface area (Å²) in [6.45, 7) is 0. The number of fused-ring (bicyclic) bond motifs is 1. The molecule has 0 spiro atoms. The number of aromatic nitrogens is 3. The van der Waals surface area contributed by atoms with Crippen LogP contribution in [0.5, 0.6) is 5.75 Å². The van der Waals surface area contributed by atoms with Gasteiger partial charge in [-0.15, -0.1) is 10.2 Å². The number of hydrogen-bond acceptors (Lipinski definition) is 7. The maximum Gasteiger partial charge on any atom is 0.260 e. The molecule has 0 fully saturated rings. The first-order valence-corrected chi connectivity index (χ1v) is 6.57. The molecule has 0 radical (unpaired) electrons. The Balaban J connectivity index is 1.97. The maximum absolute atomic E-state index is 5.37. The van der Waals surface area contributed by atoms with Crippen LogP contribution in [0.3, 0.4) is 0 Å². The average molecular weight is 276 g/mol. The van der Waals surface area contributed by atoms with Crippen molar-refractivity contribution in [2.75, 3.05) is 18.3 Å². The number of methoxy groups -OCH3 is 1. The molecule has 7 nitrogen and oxygen atoms in total. The standard InChI is InChI=1S/C11H12N6OS/c1-18-8-4-2-7(3-5-8)9-6-19-11-15-14-10(13-12)17(11)16-9/h2-5H,6,12H2,1H3,(H,13,14). The lowest BCUT2D eigenvalue weighted by atomic mass is 10.1. The quantitative estimate of drug-likeness (QED) is 0.640. The van der Waals surface area contributed by atoms with Gasteiger partial charge in [-0.05, 0) is 29.8 Å². The Morgan fingerprint density at radius 2 is 2.11 bits per heavy atom. The van der Waals surface area contributed by atoms with Crippen LogP contribution in [0.25, 0.3) is 0 Å². The summed E-state index contributed by atoms with van der Waals surface area (Å²) >= 11 is 1.57. The molecule has 0 aliphatic carbocycles. The zero-order valence-corrected chi connectivity index (χ0v) is 11.0. The number of anilines is 1. The Bertz CT molecular complexity index is 621. The van der Waals surface area contributed by atoms with E-state index in [0.29, 0.717) is 5.95 Å². The van der Waals surface area contributed by atoms with E-state index in [9.17, 15) is 0 Å². The minimum Gasteiger partial charge on any atom is -0.497 e. The number of ether oxygens (including phenoxy) is 1. The first-order valence-electron chi connectivity index (χ1n) is 5.59. The molecule has 19 heavy (non-hydrogen) atoms. The molecule has 0 amide bonds. The van der Waals surface area contributed by atoms with Gasteiger partial charge in [0.1, 0.15) is 5.75 Å². The Morgan fingerprint density at radius 3 is 2.79 bits per heavy atom. The van der Waals surface area contributed by atoms with E-state index >= 15 is 0 Å². The normalized spacial score (nSPS) is 13.7. The van der Waals surface area contributed by atoms with Gasteiger partial charge in [0.25, 0.3) is 5.95 Å². The highest BCUT2D eigenvalue weighted by molar-refractivity contribution is 7.99. The molecule has 0 saturated carbocycles. The zero-order valence-electron chi connectivity index (χ0n) is 10.2. The molecule has 3 rings (SSSR count). The molecule has 0 bridgehead atoms. The molecular weight excluding hydrogens is 264 g/mol. The van der Waals surface area contributed by atoms with Gasteiger partial charge in [-0.2, -0.15) is 9.78 Å². The van der Waals surface area contributed by atoms with Crippen molar-refractivity contribution >= 4 is 23.4 Å². The van der Waals surface area contributed by atoms with Crippen molar-refractivity contribution in [2.24, 2.45) is 10.9 Å². The number of benzene rings is 1. The molecule has 0 unspecified atom stereocenters. The van der Waals surface area contributed by atoms with Gasteiger partial charge in [0, 0.05) is 5.75 Å². The molecule has 98 valence electrons. The van der Waals surface area contributed by atoms with Crippen LogP contribution >= 0.6 is 11.8 Å². The second kappa shape index (κ2) is 4.90. The third kappa shape index (κ3) is 2.15. The molecule has 1 aliphatic rings. The minimum absolute atomic E-state index is 0.424. The van der Waals surface area contributed by atoms with Crippen LogP contribution in [0, 0.1) is 0 Å². The highest BCUT2D eigenvalue weighted by Crippen LogP contribution is 2.25. The van der Waals surface area contributed by atoms with Crippen molar-refractivity contribution in [2.45, 2.75) is 5.16 Å². The molecule has 0 atom stereocenters. The number of hydrazine groups is 1. The Hall–Kier alpha value is -2.06. The van der Waals surface area contributed by atoms with Gasteiger partial charge < -0.3 is 4.74 Å². The molecule has 2 aromatic rings. The summed E-state index contributed by atoms with van der Waals surface area (Å²) in [5.41, 5.74) is 4.45. The molecular formula is C11H12N6OS. The Kier molecular flexibility index (Phi) is 3.10. The summed E-state index contributed by atoms with van der Waals surface area (Å²) in [7, 11) is 1.64. The first kappa shape index (κ1) is 12.0. The highest BCUT2D eigenvalue weighted by atomic mass is 32.2. The van der Waals surface area contributed by atoms with Crippen molar-refractivity contribution in [3.63, 3.8) is 0 Å². The fourth-order valence-electron chi connectivity index (χ4n) is 1.74. The molecule has 1 aromatic heterocycles. The van der Waals surface area contributed by atoms with E-state index in [1.165, 1.54) is 0 Å². The van der Waals surface area contributed by atoms with Crippen LogP contribution in [0.15, 0.2) is 34.5 Å². The van der Waals surface area contributed by atoms with Crippen molar-refractivity contribution in [3.05, 3.63) is 29.8 Å². The molecule has 8 heteroatoms. The van der Waals surface area contributed by atoms with E-state index in [2.05, 4.69) is 20.7 Å². The van der Waals surface area contributed by atoms with Crippen LogP contribution in [-0.4, -0.2) is 33.4 Å². The van der Waals surface area contributed by atoms with Gasteiger partial charge >= 0.3 is 0 Å². The largest absolute Gasteiger partial charge is 0.497 e. The predicted molar refractivity (Wildman–Crippen MR) is 73.5 cm³/mol. The number of rotatable bonds is 3. The van der Waals surface area contributed by atoms with E-state index in [0.717, 1.165) is 27.9 Å². The number of nitrogens with one attached hydrogen (secondary N) is 1. The van der Waals surface area contributed by atoms with Crippen LogP contribution in [0.2, 0.25) is 0 Å². The molecule has 2 heterocycles. The van der Waals surface area contributed by atoms with Crippen molar-refractivity contribution in [1.82, 2.24) is 14.9 Å². The predicted octanol–water partition coefficient (Wildman–Crippen LogP) is 0.930. The summed E-state index contributed by atoms with van der Waals surface area (Å²) in [6.07, 6.45) is 0. The van der Waals surface area contributed by atoms with Crippen molar-refractivity contribution < 1.29 is 4.74 Å². The smallest absolute Gasteiger partial charge is 0.260 e. The summed E-state index contributed by atoms with van der Waals surface area (Å²) in [5.74, 6) is 7.36.